The smallest absolute Gasteiger partial charge is 0.242 e. The van der Waals surface area contributed by atoms with Crippen molar-refractivity contribution in [1.29, 1.82) is 0 Å². The fourth-order valence-corrected chi connectivity index (χ4v) is 3.50. The number of carbonyl (C=O) groups is 1. The Balaban J connectivity index is 1.89. The normalized spacial score (nSPS) is 12.9. The Morgan fingerprint density at radius 2 is 1.66 bits per heavy atom. The van der Waals surface area contributed by atoms with Gasteiger partial charge in [0.1, 0.15) is 11.3 Å². The number of amides is 1. The topological polar surface area (TPSA) is 90.1 Å². The summed E-state index contributed by atoms with van der Waals surface area (Å²) in [6, 6.07) is 15.3. The van der Waals surface area contributed by atoms with E-state index in [1.165, 1.54) is 0 Å². The molecule has 0 spiro atoms. The zero-order valence-electron chi connectivity index (χ0n) is 16.5. The van der Waals surface area contributed by atoms with Gasteiger partial charge in [-0.1, -0.05) is 30.3 Å². The lowest BCUT2D eigenvalue weighted by molar-refractivity contribution is -0.125. The van der Waals surface area contributed by atoms with Crippen molar-refractivity contribution in [2.24, 2.45) is 5.73 Å². The molecule has 1 atom stereocenters. The third kappa shape index (κ3) is 4.97. The summed E-state index contributed by atoms with van der Waals surface area (Å²) >= 11 is 0. The molecule has 3 rings (SSSR count). The van der Waals surface area contributed by atoms with E-state index in [1.807, 2.05) is 60.9 Å². The van der Waals surface area contributed by atoms with Gasteiger partial charge in [0.05, 0.1) is 7.11 Å². The van der Waals surface area contributed by atoms with E-state index in [0.717, 1.165) is 23.1 Å². The molecular formula is C23H26N4O2. The number of aryl methyl sites for hydroxylation is 1. The first kappa shape index (κ1) is 20.5. The van der Waals surface area contributed by atoms with Crippen LogP contribution in [0.4, 0.5) is 0 Å². The second kappa shape index (κ2) is 9.80. The summed E-state index contributed by atoms with van der Waals surface area (Å²) in [7, 11) is 1.60. The number of pyridine rings is 2. The van der Waals surface area contributed by atoms with Crippen molar-refractivity contribution in [1.82, 2.24) is 15.3 Å². The van der Waals surface area contributed by atoms with Gasteiger partial charge in [0, 0.05) is 36.9 Å². The van der Waals surface area contributed by atoms with Crippen LogP contribution in [0.15, 0.2) is 73.3 Å². The minimum Gasteiger partial charge on any atom is -0.496 e. The molecule has 6 heteroatoms. The van der Waals surface area contributed by atoms with Crippen molar-refractivity contribution in [3.05, 3.63) is 90.0 Å². The summed E-state index contributed by atoms with van der Waals surface area (Å²) in [5.74, 6) is 0.198. The minimum absolute atomic E-state index is 0.433. The number of primary amides is 1. The molecule has 0 saturated carbocycles. The van der Waals surface area contributed by atoms with Gasteiger partial charge < -0.3 is 10.5 Å². The van der Waals surface area contributed by atoms with Gasteiger partial charge in [-0.25, -0.2) is 0 Å². The van der Waals surface area contributed by atoms with E-state index in [-0.39, 0.29) is 0 Å². The molecule has 1 amide bonds. The van der Waals surface area contributed by atoms with Crippen molar-refractivity contribution >= 4 is 5.91 Å². The standard InChI is InChI=1S/C23H26N4O2/c1-29-21-9-3-2-8-20(21)23(22(24)28,12-10-18-6-4-13-25-16-18)27-15-11-19-7-5-14-26-17-19/h2-9,13-14,16-17,27H,10-12,15H2,1H3,(H2,24,28). The van der Waals surface area contributed by atoms with Crippen molar-refractivity contribution < 1.29 is 9.53 Å². The molecule has 150 valence electrons. The number of nitrogens with two attached hydrogens (primary N) is 1. The fraction of sp³-hybridized carbons (Fsp3) is 0.261. The summed E-state index contributed by atoms with van der Waals surface area (Å²) in [5.41, 5.74) is 7.79. The first-order valence-corrected chi connectivity index (χ1v) is 9.62. The van der Waals surface area contributed by atoms with Crippen LogP contribution >= 0.6 is 0 Å². The monoisotopic (exact) mass is 390 g/mol. The molecule has 0 radical (unpaired) electrons. The molecule has 0 saturated heterocycles. The average Bonchev–Trinajstić information content (AvgIpc) is 2.77. The van der Waals surface area contributed by atoms with Crippen LogP contribution in [0, 0.1) is 0 Å². The lowest BCUT2D eigenvalue weighted by Crippen LogP contribution is -2.53. The summed E-state index contributed by atoms with van der Waals surface area (Å²) in [5, 5.41) is 3.44. The van der Waals surface area contributed by atoms with Gasteiger partial charge in [-0.2, -0.15) is 0 Å². The number of hydrogen-bond acceptors (Lipinski definition) is 5. The molecule has 6 nitrogen and oxygen atoms in total. The number of ether oxygens (including phenoxy) is 1. The molecule has 2 heterocycles. The molecule has 2 aromatic heterocycles. The SMILES string of the molecule is COc1ccccc1C(CCc1cccnc1)(NCCc1cccnc1)C(N)=O. The van der Waals surface area contributed by atoms with Crippen LogP contribution < -0.4 is 15.8 Å². The molecular weight excluding hydrogens is 364 g/mol. The highest BCUT2D eigenvalue weighted by atomic mass is 16.5. The Bertz CT molecular complexity index is 918. The second-order valence-corrected chi connectivity index (χ2v) is 6.87. The van der Waals surface area contributed by atoms with Crippen LogP contribution in [0.1, 0.15) is 23.1 Å². The van der Waals surface area contributed by atoms with Gasteiger partial charge in [0.2, 0.25) is 5.91 Å². The van der Waals surface area contributed by atoms with E-state index in [2.05, 4.69) is 15.3 Å². The number of benzene rings is 1. The molecule has 29 heavy (non-hydrogen) atoms. The summed E-state index contributed by atoms with van der Waals surface area (Å²) in [6.45, 7) is 0.569. The highest BCUT2D eigenvalue weighted by Crippen LogP contribution is 2.34. The number of hydrogen-bond donors (Lipinski definition) is 2. The largest absolute Gasteiger partial charge is 0.496 e. The number of para-hydroxylation sites is 1. The van der Waals surface area contributed by atoms with Gasteiger partial charge >= 0.3 is 0 Å². The number of carbonyl (C=O) groups excluding carboxylic acids is 1. The van der Waals surface area contributed by atoms with Crippen molar-refractivity contribution in [2.45, 2.75) is 24.8 Å². The molecule has 0 fully saturated rings. The van der Waals surface area contributed by atoms with Crippen LogP contribution in [-0.2, 0) is 23.2 Å². The molecule has 0 bridgehead atoms. The number of methoxy groups -OCH3 is 1. The summed E-state index contributed by atoms with van der Waals surface area (Å²) < 4.78 is 5.55. The van der Waals surface area contributed by atoms with Crippen molar-refractivity contribution in [2.75, 3.05) is 13.7 Å². The van der Waals surface area contributed by atoms with E-state index < -0.39 is 11.4 Å². The van der Waals surface area contributed by atoms with Crippen LogP contribution in [0.3, 0.4) is 0 Å². The third-order valence-electron chi connectivity index (χ3n) is 5.06. The molecule has 0 aliphatic heterocycles. The Hall–Kier alpha value is -3.25. The van der Waals surface area contributed by atoms with Gasteiger partial charge in [0.15, 0.2) is 0 Å². The number of nitrogens with zero attached hydrogens (tertiary/aromatic N) is 2. The predicted octanol–water partition coefficient (Wildman–Crippen LogP) is 2.63. The van der Waals surface area contributed by atoms with Crippen LogP contribution in [0.5, 0.6) is 5.75 Å². The first-order valence-electron chi connectivity index (χ1n) is 9.62. The number of rotatable bonds is 10. The summed E-state index contributed by atoms with van der Waals surface area (Å²) in [4.78, 5) is 21.2. The minimum atomic E-state index is -1.06. The van der Waals surface area contributed by atoms with Gasteiger partial charge in [-0.05, 0) is 48.6 Å². The van der Waals surface area contributed by atoms with Gasteiger partial charge in [-0.15, -0.1) is 0 Å². The molecule has 3 N–H and O–H groups in total. The molecule has 1 unspecified atom stereocenters. The Morgan fingerprint density at radius 3 is 2.24 bits per heavy atom. The Morgan fingerprint density at radius 1 is 1.00 bits per heavy atom. The summed E-state index contributed by atoms with van der Waals surface area (Å²) in [6.07, 6.45) is 8.97. The molecule has 3 aromatic rings. The molecule has 0 aliphatic carbocycles. The zero-order valence-corrected chi connectivity index (χ0v) is 16.5. The van der Waals surface area contributed by atoms with Crippen molar-refractivity contribution in [3.63, 3.8) is 0 Å². The van der Waals surface area contributed by atoms with E-state index in [4.69, 9.17) is 10.5 Å². The lowest BCUT2D eigenvalue weighted by Gasteiger charge is -2.34. The maximum absolute atomic E-state index is 12.8. The zero-order chi connectivity index (χ0) is 20.5. The third-order valence-corrected chi connectivity index (χ3v) is 5.06. The van der Waals surface area contributed by atoms with E-state index in [9.17, 15) is 4.79 Å². The van der Waals surface area contributed by atoms with Crippen LogP contribution in [-0.4, -0.2) is 29.5 Å². The highest BCUT2D eigenvalue weighted by molar-refractivity contribution is 5.87. The van der Waals surface area contributed by atoms with E-state index in [1.54, 1.807) is 19.5 Å². The van der Waals surface area contributed by atoms with Gasteiger partial charge in [0.25, 0.3) is 0 Å². The maximum Gasteiger partial charge on any atom is 0.242 e. The predicted molar refractivity (Wildman–Crippen MR) is 112 cm³/mol. The highest BCUT2D eigenvalue weighted by Gasteiger charge is 2.40. The van der Waals surface area contributed by atoms with Crippen LogP contribution in [0.25, 0.3) is 0 Å². The molecule has 0 aliphatic rings. The molecule has 1 aromatic carbocycles. The first-order chi connectivity index (χ1) is 14.2. The number of aromatic nitrogens is 2. The Kier molecular flexibility index (Phi) is 6.92. The van der Waals surface area contributed by atoms with Crippen molar-refractivity contribution in [3.8, 4) is 5.75 Å². The second-order valence-electron chi connectivity index (χ2n) is 6.87. The lowest BCUT2D eigenvalue weighted by atomic mass is 9.82. The van der Waals surface area contributed by atoms with Gasteiger partial charge in [-0.3, -0.25) is 20.1 Å². The Labute approximate surface area is 171 Å². The fourth-order valence-electron chi connectivity index (χ4n) is 3.50. The van der Waals surface area contributed by atoms with E-state index in [0.29, 0.717) is 25.1 Å². The van der Waals surface area contributed by atoms with E-state index >= 15 is 0 Å². The van der Waals surface area contributed by atoms with Crippen LogP contribution in [0.2, 0.25) is 0 Å². The number of nitrogens with one attached hydrogen (secondary N) is 1. The maximum atomic E-state index is 12.8. The average molecular weight is 390 g/mol. The quantitative estimate of drug-likeness (QED) is 0.555.